The quantitative estimate of drug-likeness (QED) is 0.905. The molecule has 3 nitrogen and oxygen atoms in total. The first-order valence-corrected chi connectivity index (χ1v) is 7.13. The van der Waals surface area contributed by atoms with Crippen molar-refractivity contribution in [2.75, 3.05) is 20.2 Å². The van der Waals surface area contributed by atoms with Gasteiger partial charge in [-0.1, -0.05) is 23.8 Å². The molecular formula is C16H26N2O. The van der Waals surface area contributed by atoms with Crippen LogP contribution in [0.1, 0.15) is 36.1 Å². The highest BCUT2D eigenvalue weighted by molar-refractivity contribution is 5.32. The second kappa shape index (κ2) is 6.04. The first-order valence-electron chi connectivity index (χ1n) is 7.13. The number of hydrogen-bond acceptors (Lipinski definition) is 3. The lowest BCUT2D eigenvalue weighted by atomic mass is 9.98. The molecule has 1 aromatic rings. The van der Waals surface area contributed by atoms with Gasteiger partial charge in [0.2, 0.25) is 0 Å². The molecule has 0 aliphatic carbocycles. The van der Waals surface area contributed by atoms with Crippen molar-refractivity contribution >= 4 is 0 Å². The summed E-state index contributed by atoms with van der Waals surface area (Å²) in [5.74, 6) is 0. The second-order valence-corrected chi connectivity index (χ2v) is 5.84. The van der Waals surface area contributed by atoms with Crippen LogP contribution < -0.4 is 5.73 Å². The number of likely N-dealkylation sites (N-methyl/N-ethyl adjacent to an activating group) is 1. The maximum Gasteiger partial charge on any atom is 0.0702 e. The summed E-state index contributed by atoms with van der Waals surface area (Å²) in [5, 5.41) is 0. The van der Waals surface area contributed by atoms with E-state index in [2.05, 4.69) is 50.9 Å². The van der Waals surface area contributed by atoms with Gasteiger partial charge in [-0.2, -0.15) is 0 Å². The molecule has 0 bridgehead atoms. The van der Waals surface area contributed by atoms with Crippen LogP contribution in [0.25, 0.3) is 0 Å². The molecule has 2 N–H and O–H groups in total. The van der Waals surface area contributed by atoms with E-state index in [0.717, 1.165) is 19.6 Å². The van der Waals surface area contributed by atoms with Crippen LogP contribution in [0.2, 0.25) is 0 Å². The summed E-state index contributed by atoms with van der Waals surface area (Å²) in [5.41, 5.74) is 10.2. The third kappa shape index (κ3) is 3.35. The summed E-state index contributed by atoms with van der Waals surface area (Å²) in [6, 6.07) is 7.08. The molecule has 1 fully saturated rings. The van der Waals surface area contributed by atoms with Crippen molar-refractivity contribution in [2.24, 2.45) is 5.73 Å². The minimum Gasteiger partial charge on any atom is -0.377 e. The number of hydrogen-bond donors (Lipinski definition) is 1. The largest absolute Gasteiger partial charge is 0.377 e. The van der Waals surface area contributed by atoms with Crippen LogP contribution in [0.3, 0.4) is 0 Å². The Morgan fingerprint density at radius 2 is 2.16 bits per heavy atom. The zero-order chi connectivity index (χ0) is 14.0. The molecule has 0 radical (unpaired) electrons. The third-order valence-corrected chi connectivity index (χ3v) is 4.21. The van der Waals surface area contributed by atoms with E-state index in [1.54, 1.807) is 0 Å². The predicted molar refractivity (Wildman–Crippen MR) is 79.3 cm³/mol. The molecule has 0 amide bonds. The zero-order valence-electron chi connectivity index (χ0n) is 12.5. The Bertz CT molecular complexity index is 433. The molecule has 1 heterocycles. The minimum atomic E-state index is 0.0680. The topological polar surface area (TPSA) is 38.5 Å². The first kappa shape index (κ1) is 14.5. The van der Waals surface area contributed by atoms with E-state index in [9.17, 15) is 0 Å². The molecule has 3 heteroatoms. The molecule has 1 aliphatic heterocycles. The van der Waals surface area contributed by atoms with Crippen LogP contribution in [0.4, 0.5) is 0 Å². The molecule has 0 aromatic heterocycles. The van der Waals surface area contributed by atoms with Crippen LogP contribution in [0.15, 0.2) is 18.2 Å². The summed E-state index contributed by atoms with van der Waals surface area (Å²) in [4.78, 5) is 2.35. The summed E-state index contributed by atoms with van der Waals surface area (Å²) < 4.78 is 5.63. The van der Waals surface area contributed by atoms with Crippen LogP contribution in [0, 0.1) is 13.8 Å². The molecule has 1 aromatic carbocycles. The van der Waals surface area contributed by atoms with Crippen molar-refractivity contribution in [3.05, 3.63) is 34.9 Å². The van der Waals surface area contributed by atoms with E-state index in [-0.39, 0.29) is 6.04 Å². The monoisotopic (exact) mass is 262 g/mol. The van der Waals surface area contributed by atoms with Gasteiger partial charge in [0.1, 0.15) is 0 Å². The second-order valence-electron chi connectivity index (χ2n) is 5.84. The number of nitrogens with two attached hydrogens (primary N) is 1. The Labute approximate surface area is 116 Å². The Hall–Kier alpha value is -0.900. The summed E-state index contributed by atoms with van der Waals surface area (Å²) in [6.07, 6.45) is 1.42. The summed E-state index contributed by atoms with van der Waals surface area (Å²) >= 11 is 0. The van der Waals surface area contributed by atoms with Gasteiger partial charge in [-0.25, -0.2) is 0 Å². The van der Waals surface area contributed by atoms with Gasteiger partial charge in [0.15, 0.2) is 0 Å². The molecule has 0 spiro atoms. The van der Waals surface area contributed by atoms with Gasteiger partial charge in [0.05, 0.1) is 6.10 Å². The lowest BCUT2D eigenvalue weighted by Crippen LogP contribution is -2.40. The SMILES string of the molecule is Cc1ccc(C(N)CN(C)C2CCOC2C)c(C)c1. The Morgan fingerprint density at radius 1 is 1.42 bits per heavy atom. The normalized spacial score (nSPS) is 24.9. The molecule has 19 heavy (non-hydrogen) atoms. The van der Waals surface area contributed by atoms with Crippen LogP contribution >= 0.6 is 0 Å². The predicted octanol–water partition coefficient (Wildman–Crippen LogP) is 2.41. The van der Waals surface area contributed by atoms with E-state index < -0.39 is 0 Å². The van der Waals surface area contributed by atoms with Crippen LogP contribution in [0.5, 0.6) is 0 Å². The molecule has 106 valence electrons. The molecular weight excluding hydrogens is 236 g/mol. The first-order chi connectivity index (χ1) is 8.99. The van der Waals surface area contributed by atoms with Gasteiger partial charge in [0, 0.05) is 25.2 Å². The molecule has 1 saturated heterocycles. The molecule has 3 unspecified atom stereocenters. The van der Waals surface area contributed by atoms with Crippen LogP contribution in [-0.4, -0.2) is 37.2 Å². The third-order valence-electron chi connectivity index (χ3n) is 4.21. The molecule has 1 aliphatic rings. The van der Waals surface area contributed by atoms with Gasteiger partial charge in [-0.3, -0.25) is 4.90 Å². The van der Waals surface area contributed by atoms with Gasteiger partial charge in [-0.05, 0) is 45.4 Å². The molecule has 3 atom stereocenters. The highest BCUT2D eigenvalue weighted by atomic mass is 16.5. The minimum absolute atomic E-state index is 0.0680. The van der Waals surface area contributed by atoms with Crippen molar-refractivity contribution < 1.29 is 4.74 Å². The van der Waals surface area contributed by atoms with E-state index >= 15 is 0 Å². The highest BCUT2D eigenvalue weighted by Gasteiger charge is 2.28. The number of aryl methyl sites for hydroxylation is 2. The van der Waals surface area contributed by atoms with Crippen molar-refractivity contribution in [1.29, 1.82) is 0 Å². The number of nitrogens with zero attached hydrogens (tertiary/aromatic N) is 1. The maximum atomic E-state index is 6.38. The van der Waals surface area contributed by atoms with E-state index in [1.807, 2.05) is 0 Å². The summed E-state index contributed by atoms with van der Waals surface area (Å²) in [7, 11) is 2.15. The molecule has 0 saturated carbocycles. The van der Waals surface area contributed by atoms with Crippen molar-refractivity contribution in [3.8, 4) is 0 Å². The molecule has 2 rings (SSSR count). The van der Waals surface area contributed by atoms with E-state index in [1.165, 1.54) is 16.7 Å². The van der Waals surface area contributed by atoms with E-state index in [4.69, 9.17) is 10.5 Å². The van der Waals surface area contributed by atoms with Gasteiger partial charge in [-0.15, -0.1) is 0 Å². The Balaban J connectivity index is 2.02. The lowest BCUT2D eigenvalue weighted by molar-refractivity contribution is 0.0818. The number of ether oxygens (including phenoxy) is 1. The standard InChI is InChI=1S/C16H26N2O/c1-11-5-6-14(12(2)9-11)15(17)10-18(4)16-7-8-19-13(16)3/h5-6,9,13,15-16H,7-8,10,17H2,1-4H3. The highest BCUT2D eigenvalue weighted by Crippen LogP contribution is 2.22. The smallest absolute Gasteiger partial charge is 0.0702 e. The lowest BCUT2D eigenvalue weighted by Gasteiger charge is -2.29. The fraction of sp³-hybridized carbons (Fsp3) is 0.625. The fourth-order valence-corrected chi connectivity index (χ4v) is 3.08. The zero-order valence-corrected chi connectivity index (χ0v) is 12.5. The summed E-state index contributed by atoms with van der Waals surface area (Å²) in [6.45, 7) is 8.16. The van der Waals surface area contributed by atoms with Crippen molar-refractivity contribution in [2.45, 2.75) is 45.4 Å². The Kier molecular flexibility index (Phi) is 4.61. The van der Waals surface area contributed by atoms with Gasteiger partial charge in [0.25, 0.3) is 0 Å². The number of rotatable bonds is 4. The van der Waals surface area contributed by atoms with Crippen LogP contribution in [-0.2, 0) is 4.74 Å². The van der Waals surface area contributed by atoms with E-state index in [0.29, 0.717) is 12.1 Å². The van der Waals surface area contributed by atoms with Crippen molar-refractivity contribution in [3.63, 3.8) is 0 Å². The maximum absolute atomic E-state index is 6.38. The van der Waals surface area contributed by atoms with Gasteiger partial charge >= 0.3 is 0 Å². The average molecular weight is 262 g/mol. The Morgan fingerprint density at radius 3 is 2.74 bits per heavy atom. The van der Waals surface area contributed by atoms with Crippen molar-refractivity contribution in [1.82, 2.24) is 4.90 Å². The van der Waals surface area contributed by atoms with Gasteiger partial charge < -0.3 is 10.5 Å². The fourth-order valence-electron chi connectivity index (χ4n) is 3.08. The number of benzene rings is 1. The average Bonchev–Trinajstić information content (AvgIpc) is 2.75.